The minimum absolute atomic E-state index is 0.111. The van der Waals surface area contributed by atoms with Crippen LogP contribution in [0.2, 0.25) is 5.02 Å². The van der Waals surface area contributed by atoms with Crippen molar-refractivity contribution in [2.24, 2.45) is 0 Å². The fraction of sp³-hybridized carbons (Fsp3) is 0.357. The SMILES string of the molecule is CCCn1nccc1C(NC)c1cc(Cl)ccc1I. The van der Waals surface area contributed by atoms with Crippen molar-refractivity contribution in [1.82, 2.24) is 15.1 Å². The molecule has 0 saturated heterocycles. The number of hydrogen-bond acceptors (Lipinski definition) is 2. The maximum absolute atomic E-state index is 6.13. The van der Waals surface area contributed by atoms with Gasteiger partial charge in [-0.3, -0.25) is 4.68 Å². The van der Waals surface area contributed by atoms with E-state index in [9.17, 15) is 0 Å². The Hall–Kier alpha value is -0.590. The molecule has 0 aliphatic carbocycles. The third-order valence-electron chi connectivity index (χ3n) is 3.04. The third kappa shape index (κ3) is 3.30. The maximum atomic E-state index is 6.13. The van der Waals surface area contributed by atoms with E-state index >= 15 is 0 Å². The fourth-order valence-corrected chi connectivity index (χ4v) is 3.01. The first-order chi connectivity index (χ1) is 9.17. The first-order valence-corrected chi connectivity index (χ1v) is 7.77. The molecular weight excluding hydrogens is 373 g/mol. The van der Waals surface area contributed by atoms with Gasteiger partial charge in [-0.25, -0.2) is 0 Å². The lowest BCUT2D eigenvalue weighted by atomic mass is 10.0. The predicted molar refractivity (Wildman–Crippen MR) is 87.6 cm³/mol. The van der Waals surface area contributed by atoms with Crippen molar-refractivity contribution < 1.29 is 0 Å². The lowest BCUT2D eigenvalue weighted by Crippen LogP contribution is -2.22. The Morgan fingerprint density at radius 2 is 2.21 bits per heavy atom. The number of benzene rings is 1. The maximum Gasteiger partial charge on any atom is 0.0756 e. The van der Waals surface area contributed by atoms with Crippen molar-refractivity contribution in [1.29, 1.82) is 0 Å². The normalized spacial score (nSPS) is 12.6. The molecule has 0 aliphatic heterocycles. The highest BCUT2D eigenvalue weighted by atomic mass is 127. The van der Waals surface area contributed by atoms with Crippen LogP contribution in [0.1, 0.15) is 30.6 Å². The van der Waals surface area contributed by atoms with Gasteiger partial charge in [-0.05, 0) is 65.9 Å². The van der Waals surface area contributed by atoms with E-state index in [2.05, 4.69) is 50.7 Å². The minimum Gasteiger partial charge on any atom is -0.308 e. The van der Waals surface area contributed by atoms with Crippen LogP contribution in [0.3, 0.4) is 0 Å². The number of rotatable bonds is 5. The molecule has 1 atom stereocenters. The summed E-state index contributed by atoms with van der Waals surface area (Å²) in [5.74, 6) is 0. The molecule has 0 bridgehead atoms. The summed E-state index contributed by atoms with van der Waals surface area (Å²) in [6.45, 7) is 3.08. The van der Waals surface area contributed by atoms with Crippen molar-refractivity contribution in [3.05, 3.63) is 50.3 Å². The molecular formula is C14H17ClIN3. The molecule has 0 fully saturated rings. The molecule has 5 heteroatoms. The molecule has 1 heterocycles. The second-order valence-corrected chi connectivity index (χ2v) is 5.97. The van der Waals surface area contributed by atoms with Gasteiger partial charge >= 0.3 is 0 Å². The van der Waals surface area contributed by atoms with Crippen LogP contribution in [0, 0.1) is 3.57 Å². The molecule has 2 rings (SSSR count). The average molecular weight is 390 g/mol. The van der Waals surface area contributed by atoms with E-state index in [0.717, 1.165) is 18.0 Å². The fourth-order valence-electron chi connectivity index (χ4n) is 2.19. The van der Waals surface area contributed by atoms with E-state index in [4.69, 9.17) is 11.6 Å². The van der Waals surface area contributed by atoms with Gasteiger partial charge in [-0.1, -0.05) is 18.5 Å². The number of halogens is 2. The van der Waals surface area contributed by atoms with Crippen LogP contribution in [0.15, 0.2) is 30.5 Å². The highest BCUT2D eigenvalue weighted by molar-refractivity contribution is 14.1. The van der Waals surface area contributed by atoms with Crippen molar-refractivity contribution in [2.45, 2.75) is 25.9 Å². The highest BCUT2D eigenvalue weighted by Gasteiger charge is 2.19. The zero-order valence-electron chi connectivity index (χ0n) is 11.0. The van der Waals surface area contributed by atoms with Gasteiger partial charge < -0.3 is 5.32 Å². The molecule has 102 valence electrons. The Morgan fingerprint density at radius 3 is 2.89 bits per heavy atom. The van der Waals surface area contributed by atoms with Crippen LogP contribution in [-0.4, -0.2) is 16.8 Å². The molecule has 1 aromatic heterocycles. The summed E-state index contributed by atoms with van der Waals surface area (Å²) >= 11 is 8.47. The van der Waals surface area contributed by atoms with E-state index in [-0.39, 0.29) is 6.04 Å². The zero-order valence-corrected chi connectivity index (χ0v) is 13.9. The number of aryl methyl sites for hydroxylation is 1. The van der Waals surface area contributed by atoms with E-state index in [1.165, 1.54) is 14.8 Å². The molecule has 1 aromatic carbocycles. The summed E-state index contributed by atoms with van der Waals surface area (Å²) in [5, 5.41) is 8.52. The summed E-state index contributed by atoms with van der Waals surface area (Å²) in [4.78, 5) is 0. The summed E-state index contributed by atoms with van der Waals surface area (Å²) < 4.78 is 3.25. The van der Waals surface area contributed by atoms with Crippen LogP contribution in [-0.2, 0) is 6.54 Å². The molecule has 1 N–H and O–H groups in total. The van der Waals surface area contributed by atoms with E-state index in [0.29, 0.717) is 0 Å². The van der Waals surface area contributed by atoms with Gasteiger partial charge in [0.25, 0.3) is 0 Å². The molecule has 0 radical (unpaired) electrons. The van der Waals surface area contributed by atoms with Gasteiger partial charge in [0.1, 0.15) is 0 Å². The number of aromatic nitrogens is 2. The van der Waals surface area contributed by atoms with Gasteiger partial charge in [0, 0.05) is 21.3 Å². The first kappa shape index (κ1) is 14.8. The van der Waals surface area contributed by atoms with Gasteiger partial charge in [-0.15, -0.1) is 0 Å². The second kappa shape index (κ2) is 6.72. The number of nitrogens with zero attached hydrogens (tertiary/aromatic N) is 2. The Morgan fingerprint density at radius 1 is 1.42 bits per heavy atom. The van der Waals surface area contributed by atoms with Crippen molar-refractivity contribution in [3.63, 3.8) is 0 Å². The summed E-state index contributed by atoms with van der Waals surface area (Å²) in [7, 11) is 1.96. The van der Waals surface area contributed by atoms with E-state index in [1.54, 1.807) is 0 Å². The number of nitrogens with one attached hydrogen (secondary N) is 1. The second-order valence-electron chi connectivity index (χ2n) is 4.37. The Kier molecular flexibility index (Phi) is 5.24. The molecule has 1 unspecified atom stereocenters. The topological polar surface area (TPSA) is 29.9 Å². The van der Waals surface area contributed by atoms with Gasteiger partial charge in [0.2, 0.25) is 0 Å². The lowest BCUT2D eigenvalue weighted by Gasteiger charge is -2.20. The van der Waals surface area contributed by atoms with Crippen LogP contribution in [0.5, 0.6) is 0 Å². The summed E-state index contributed by atoms with van der Waals surface area (Å²) in [5.41, 5.74) is 2.36. The zero-order chi connectivity index (χ0) is 13.8. The van der Waals surface area contributed by atoms with Crippen LogP contribution < -0.4 is 5.32 Å². The molecule has 0 saturated carbocycles. The smallest absolute Gasteiger partial charge is 0.0756 e. The van der Waals surface area contributed by atoms with Crippen LogP contribution >= 0.6 is 34.2 Å². The summed E-state index contributed by atoms with van der Waals surface area (Å²) in [6, 6.07) is 8.16. The summed E-state index contributed by atoms with van der Waals surface area (Å²) in [6.07, 6.45) is 2.92. The van der Waals surface area contributed by atoms with Gasteiger partial charge in [0.05, 0.1) is 11.7 Å². The van der Waals surface area contributed by atoms with Gasteiger partial charge in [-0.2, -0.15) is 5.10 Å². The van der Waals surface area contributed by atoms with Crippen LogP contribution in [0.4, 0.5) is 0 Å². The minimum atomic E-state index is 0.111. The Labute approximate surface area is 132 Å². The van der Waals surface area contributed by atoms with Crippen molar-refractivity contribution >= 4 is 34.2 Å². The van der Waals surface area contributed by atoms with E-state index in [1.807, 2.05) is 31.4 Å². The number of hydrogen-bond donors (Lipinski definition) is 1. The average Bonchev–Trinajstić information content (AvgIpc) is 2.83. The molecule has 0 aliphatic rings. The van der Waals surface area contributed by atoms with E-state index < -0.39 is 0 Å². The monoisotopic (exact) mass is 389 g/mol. The third-order valence-corrected chi connectivity index (χ3v) is 4.26. The van der Waals surface area contributed by atoms with Gasteiger partial charge in [0.15, 0.2) is 0 Å². The van der Waals surface area contributed by atoms with Crippen molar-refractivity contribution in [2.75, 3.05) is 7.05 Å². The van der Waals surface area contributed by atoms with Crippen molar-refractivity contribution in [3.8, 4) is 0 Å². The molecule has 0 amide bonds. The Bertz CT molecular complexity index is 553. The first-order valence-electron chi connectivity index (χ1n) is 6.31. The lowest BCUT2D eigenvalue weighted by molar-refractivity contribution is 0.534. The highest BCUT2D eigenvalue weighted by Crippen LogP contribution is 2.28. The predicted octanol–water partition coefficient (Wildman–Crippen LogP) is 3.86. The largest absolute Gasteiger partial charge is 0.308 e. The standard InChI is InChI=1S/C14H17ClIN3/c1-3-8-19-13(6-7-18-19)14(17-2)11-9-10(15)4-5-12(11)16/h4-7,9,14,17H,3,8H2,1-2H3. The molecule has 2 aromatic rings. The molecule has 19 heavy (non-hydrogen) atoms. The quantitative estimate of drug-likeness (QED) is 0.787. The van der Waals surface area contributed by atoms with Crippen LogP contribution in [0.25, 0.3) is 0 Å². The molecule has 3 nitrogen and oxygen atoms in total. The Balaban J connectivity index is 2.44. The molecule has 0 spiro atoms.